The number of hydrogen-bond acceptors (Lipinski definition) is 3. The van der Waals surface area contributed by atoms with Crippen LogP contribution in [0.5, 0.6) is 5.75 Å². The molecule has 0 saturated carbocycles. The highest BCUT2D eigenvalue weighted by atomic mass is 16.5. The van der Waals surface area contributed by atoms with Crippen LogP contribution in [0, 0.1) is 0 Å². The van der Waals surface area contributed by atoms with Gasteiger partial charge in [0, 0.05) is 5.56 Å². The van der Waals surface area contributed by atoms with Crippen molar-refractivity contribution in [2.24, 2.45) is 0 Å². The topological polar surface area (TPSA) is 63.6 Å². The molecule has 0 aliphatic carbocycles. The van der Waals surface area contributed by atoms with Gasteiger partial charge in [-0.15, -0.1) is 0 Å². The first-order chi connectivity index (χ1) is 10.6. The predicted molar refractivity (Wildman–Crippen MR) is 83.1 cm³/mol. The summed E-state index contributed by atoms with van der Waals surface area (Å²) in [5.74, 6) is -1.76. The van der Waals surface area contributed by atoms with Crippen molar-refractivity contribution in [3.63, 3.8) is 0 Å². The number of aliphatic carboxylic acids is 1. The summed E-state index contributed by atoms with van der Waals surface area (Å²) in [6.45, 7) is 2.09. The fourth-order valence-corrected chi connectivity index (χ4v) is 2.20. The molecule has 0 amide bonds. The maximum atomic E-state index is 11.4. The number of ketones is 1. The third-order valence-corrected chi connectivity index (χ3v) is 3.31. The Morgan fingerprint density at radius 1 is 1.05 bits per heavy atom. The van der Waals surface area contributed by atoms with Crippen LogP contribution in [0.25, 0.3) is 0 Å². The number of carbonyl (C=O) groups excluding carboxylic acids is 1. The fourth-order valence-electron chi connectivity index (χ4n) is 2.20. The normalized spacial score (nSPS) is 11.7. The molecule has 1 unspecified atom stereocenters. The van der Waals surface area contributed by atoms with E-state index in [4.69, 9.17) is 9.84 Å². The number of carboxylic acid groups (broad SMARTS) is 1. The molecule has 0 aromatic heterocycles. The molecule has 0 spiro atoms. The van der Waals surface area contributed by atoms with Gasteiger partial charge in [0.15, 0.2) is 0 Å². The Morgan fingerprint density at radius 2 is 1.68 bits per heavy atom. The van der Waals surface area contributed by atoms with E-state index in [1.165, 1.54) is 12.1 Å². The quantitative estimate of drug-likeness (QED) is 0.622. The average molecular weight is 298 g/mol. The number of Topliss-reactive ketones (excluding diaryl/α,β-unsaturated/α-hetero) is 1. The van der Waals surface area contributed by atoms with E-state index in [0.29, 0.717) is 5.75 Å². The molecule has 4 heteroatoms. The number of hydrogen-bond donors (Lipinski definition) is 1. The Morgan fingerprint density at radius 3 is 2.23 bits per heavy atom. The van der Waals surface area contributed by atoms with Crippen LogP contribution in [0.15, 0.2) is 54.6 Å². The van der Waals surface area contributed by atoms with Gasteiger partial charge in [0.25, 0.3) is 5.78 Å². The highest BCUT2D eigenvalue weighted by molar-refractivity contribution is 6.39. The van der Waals surface area contributed by atoms with E-state index >= 15 is 0 Å². The summed E-state index contributed by atoms with van der Waals surface area (Å²) in [6.07, 6.45) is 1.79. The van der Waals surface area contributed by atoms with Crippen LogP contribution in [0.4, 0.5) is 0 Å². The van der Waals surface area contributed by atoms with Gasteiger partial charge < -0.3 is 9.84 Å². The molecule has 0 aliphatic heterocycles. The van der Waals surface area contributed by atoms with E-state index in [2.05, 4.69) is 6.92 Å². The zero-order valence-corrected chi connectivity index (χ0v) is 12.4. The summed E-state index contributed by atoms with van der Waals surface area (Å²) in [4.78, 5) is 22.0. The zero-order chi connectivity index (χ0) is 15.9. The molecule has 1 atom stereocenters. The number of carbonyl (C=O) groups is 2. The first-order valence-electron chi connectivity index (χ1n) is 7.21. The minimum atomic E-state index is -1.46. The Labute approximate surface area is 129 Å². The maximum Gasteiger partial charge on any atom is 0.377 e. The smallest absolute Gasteiger partial charge is 0.377 e. The lowest BCUT2D eigenvalue weighted by Crippen LogP contribution is -2.12. The minimum Gasteiger partial charge on any atom is -0.486 e. The van der Waals surface area contributed by atoms with E-state index in [1.807, 2.05) is 30.3 Å². The van der Waals surface area contributed by atoms with Crippen molar-refractivity contribution in [3.05, 3.63) is 65.7 Å². The van der Waals surface area contributed by atoms with Gasteiger partial charge in [-0.25, -0.2) is 4.79 Å². The molecule has 0 bridgehead atoms. The molecule has 0 heterocycles. The number of benzene rings is 2. The van der Waals surface area contributed by atoms with E-state index < -0.39 is 11.8 Å². The van der Waals surface area contributed by atoms with Crippen molar-refractivity contribution in [3.8, 4) is 5.75 Å². The second-order valence-corrected chi connectivity index (χ2v) is 4.96. The monoisotopic (exact) mass is 298 g/mol. The van der Waals surface area contributed by atoms with Gasteiger partial charge in [-0.05, 0) is 36.2 Å². The zero-order valence-electron chi connectivity index (χ0n) is 12.4. The molecule has 0 saturated heterocycles. The van der Waals surface area contributed by atoms with Gasteiger partial charge in [-0.3, -0.25) is 4.79 Å². The van der Waals surface area contributed by atoms with Gasteiger partial charge in [-0.2, -0.15) is 0 Å². The molecule has 2 rings (SSSR count). The largest absolute Gasteiger partial charge is 0.486 e. The second-order valence-electron chi connectivity index (χ2n) is 4.96. The van der Waals surface area contributed by atoms with Crippen molar-refractivity contribution < 1.29 is 19.4 Å². The highest BCUT2D eigenvalue weighted by Gasteiger charge is 2.15. The standard InChI is InChI=1S/C18H18O4/c1-2-6-16(13-7-4-3-5-8-13)22-15-11-9-14(10-12-15)17(19)18(20)21/h3-5,7-12,16H,2,6H2,1H3,(H,20,21). The third kappa shape index (κ3) is 3.95. The Balaban J connectivity index is 2.14. The molecule has 2 aromatic carbocycles. The van der Waals surface area contributed by atoms with Crippen LogP contribution in [-0.4, -0.2) is 16.9 Å². The molecule has 0 fully saturated rings. The first-order valence-corrected chi connectivity index (χ1v) is 7.21. The maximum absolute atomic E-state index is 11.4. The number of ether oxygens (including phenoxy) is 1. The number of carboxylic acids is 1. The molecule has 4 nitrogen and oxygen atoms in total. The molecule has 0 radical (unpaired) electrons. The van der Waals surface area contributed by atoms with Crippen molar-refractivity contribution in [1.29, 1.82) is 0 Å². The van der Waals surface area contributed by atoms with Crippen LogP contribution in [0.3, 0.4) is 0 Å². The molecule has 2 aromatic rings. The molecular formula is C18H18O4. The molecule has 114 valence electrons. The summed E-state index contributed by atoms with van der Waals surface area (Å²) >= 11 is 0. The fraction of sp³-hybridized carbons (Fsp3) is 0.222. The second kappa shape index (κ2) is 7.41. The van der Waals surface area contributed by atoms with Gasteiger partial charge >= 0.3 is 5.97 Å². The summed E-state index contributed by atoms with van der Waals surface area (Å²) in [7, 11) is 0. The van der Waals surface area contributed by atoms with Crippen LogP contribution >= 0.6 is 0 Å². The van der Waals surface area contributed by atoms with E-state index in [-0.39, 0.29) is 11.7 Å². The van der Waals surface area contributed by atoms with Crippen LogP contribution in [0.1, 0.15) is 41.8 Å². The van der Waals surface area contributed by atoms with Gasteiger partial charge in [0.05, 0.1) is 0 Å². The summed E-state index contributed by atoms with van der Waals surface area (Å²) in [6, 6.07) is 16.1. The van der Waals surface area contributed by atoms with E-state index in [9.17, 15) is 9.59 Å². The lowest BCUT2D eigenvalue weighted by atomic mass is 10.1. The molecular weight excluding hydrogens is 280 g/mol. The van der Waals surface area contributed by atoms with E-state index in [1.54, 1.807) is 12.1 Å². The molecule has 22 heavy (non-hydrogen) atoms. The van der Waals surface area contributed by atoms with Crippen molar-refractivity contribution in [2.45, 2.75) is 25.9 Å². The predicted octanol–water partition coefficient (Wildman–Crippen LogP) is 3.87. The summed E-state index contributed by atoms with van der Waals surface area (Å²) in [5, 5.41) is 8.69. The van der Waals surface area contributed by atoms with Gasteiger partial charge in [-0.1, -0.05) is 43.7 Å². The number of rotatable bonds is 7. The summed E-state index contributed by atoms with van der Waals surface area (Å²) < 4.78 is 5.98. The Hall–Kier alpha value is -2.62. The Kier molecular flexibility index (Phi) is 5.31. The average Bonchev–Trinajstić information content (AvgIpc) is 2.55. The lowest BCUT2D eigenvalue weighted by Gasteiger charge is -2.19. The van der Waals surface area contributed by atoms with Gasteiger partial charge in [0.2, 0.25) is 0 Å². The van der Waals surface area contributed by atoms with Crippen molar-refractivity contribution in [2.75, 3.05) is 0 Å². The van der Waals surface area contributed by atoms with Crippen molar-refractivity contribution >= 4 is 11.8 Å². The summed E-state index contributed by atoms with van der Waals surface area (Å²) in [5.41, 5.74) is 1.24. The van der Waals surface area contributed by atoms with Crippen molar-refractivity contribution in [1.82, 2.24) is 0 Å². The first kappa shape index (κ1) is 15.8. The third-order valence-electron chi connectivity index (χ3n) is 3.31. The van der Waals surface area contributed by atoms with Gasteiger partial charge in [0.1, 0.15) is 11.9 Å². The lowest BCUT2D eigenvalue weighted by molar-refractivity contribution is -0.131. The minimum absolute atomic E-state index is 0.0628. The highest BCUT2D eigenvalue weighted by Crippen LogP contribution is 2.26. The molecule has 0 aliphatic rings. The van der Waals surface area contributed by atoms with Crippen LogP contribution in [-0.2, 0) is 4.79 Å². The van der Waals surface area contributed by atoms with Crippen LogP contribution in [0.2, 0.25) is 0 Å². The SMILES string of the molecule is CCCC(Oc1ccc(C(=O)C(=O)O)cc1)c1ccccc1. The van der Waals surface area contributed by atoms with E-state index in [0.717, 1.165) is 18.4 Å². The molecule has 1 N–H and O–H groups in total. The Bertz CT molecular complexity index is 632. The van der Waals surface area contributed by atoms with Crippen LogP contribution < -0.4 is 4.74 Å².